The van der Waals surface area contributed by atoms with Gasteiger partial charge in [-0.3, -0.25) is 4.79 Å². The fraction of sp³-hybridized carbons (Fsp3) is 0.692. The Morgan fingerprint density at radius 2 is 2.16 bits per heavy atom. The van der Waals surface area contributed by atoms with E-state index in [2.05, 4.69) is 10.3 Å². The van der Waals surface area contributed by atoms with Crippen molar-refractivity contribution in [3.8, 4) is 0 Å². The molecular formula is C13H22ClN3OS. The zero-order valence-electron chi connectivity index (χ0n) is 11.3. The molecule has 0 aromatic carbocycles. The van der Waals surface area contributed by atoms with E-state index in [0.29, 0.717) is 18.1 Å². The fourth-order valence-electron chi connectivity index (χ4n) is 2.67. The number of carbonyl (C=O) groups excluding carboxylic acids is 1. The number of anilines is 1. The van der Waals surface area contributed by atoms with E-state index in [0.717, 1.165) is 17.7 Å². The van der Waals surface area contributed by atoms with Gasteiger partial charge >= 0.3 is 0 Å². The standard InChI is InChI=1S/C13H21N3OS.ClH/c1-10-8-15-12(18-10)16-11(17)7-13(9-14)5-3-2-4-6-13;/h8H,2-7,9,14H2,1H3,(H,15,16,17);1H. The first-order valence-corrected chi connectivity index (χ1v) is 7.38. The van der Waals surface area contributed by atoms with Crippen molar-refractivity contribution in [1.82, 2.24) is 4.98 Å². The zero-order valence-corrected chi connectivity index (χ0v) is 12.9. The summed E-state index contributed by atoms with van der Waals surface area (Å²) in [6.45, 7) is 2.59. The maximum atomic E-state index is 12.1. The number of rotatable bonds is 4. The van der Waals surface area contributed by atoms with E-state index in [1.807, 2.05) is 6.92 Å². The van der Waals surface area contributed by atoms with Crippen molar-refractivity contribution in [1.29, 1.82) is 0 Å². The molecule has 4 nitrogen and oxygen atoms in total. The van der Waals surface area contributed by atoms with Crippen molar-refractivity contribution in [2.75, 3.05) is 11.9 Å². The largest absolute Gasteiger partial charge is 0.330 e. The van der Waals surface area contributed by atoms with Crippen LogP contribution >= 0.6 is 23.7 Å². The van der Waals surface area contributed by atoms with E-state index in [1.54, 1.807) is 6.20 Å². The van der Waals surface area contributed by atoms with Crippen LogP contribution in [0, 0.1) is 12.3 Å². The molecule has 0 aliphatic heterocycles. The van der Waals surface area contributed by atoms with Gasteiger partial charge in [0.2, 0.25) is 5.91 Å². The first kappa shape index (κ1) is 16.4. The minimum atomic E-state index is 0. The van der Waals surface area contributed by atoms with Crippen molar-refractivity contribution in [3.63, 3.8) is 0 Å². The lowest BCUT2D eigenvalue weighted by Crippen LogP contribution is -2.36. The first-order valence-electron chi connectivity index (χ1n) is 6.56. The minimum absolute atomic E-state index is 0. The second-order valence-electron chi connectivity index (χ2n) is 5.27. The van der Waals surface area contributed by atoms with Crippen LogP contribution in [-0.4, -0.2) is 17.4 Å². The van der Waals surface area contributed by atoms with E-state index in [9.17, 15) is 4.79 Å². The van der Waals surface area contributed by atoms with E-state index in [1.165, 1.54) is 30.6 Å². The van der Waals surface area contributed by atoms with Gasteiger partial charge in [-0.05, 0) is 31.7 Å². The summed E-state index contributed by atoms with van der Waals surface area (Å²) in [5.74, 6) is 0.0525. The van der Waals surface area contributed by atoms with Gasteiger partial charge in [-0.25, -0.2) is 4.98 Å². The molecule has 1 aromatic heterocycles. The SMILES string of the molecule is Cc1cnc(NC(=O)CC2(CN)CCCCC2)s1.Cl. The quantitative estimate of drug-likeness (QED) is 0.898. The highest BCUT2D eigenvalue weighted by Crippen LogP contribution is 2.38. The van der Waals surface area contributed by atoms with Crippen LogP contribution in [0.2, 0.25) is 0 Å². The highest BCUT2D eigenvalue weighted by Gasteiger charge is 2.33. The number of halogens is 1. The number of nitrogens with two attached hydrogens (primary N) is 1. The van der Waals surface area contributed by atoms with Gasteiger partial charge in [-0.1, -0.05) is 19.3 Å². The van der Waals surface area contributed by atoms with E-state index in [4.69, 9.17) is 5.73 Å². The number of hydrogen-bond acceptors (Lipinski definition) is 4. The Hall–Kier alpha value is -0.650. The van der Waals surface area contributed by atoms with Gasteiger partial charge in [0.25, 0.3) is 0 Å². The maximum absolute atomic E-state index is 12.1. The Morgan fingerprint density at radius 3 is 2.68 bits per heavy atom. The Bertz CT molecular complexity index is 416. The number of aryl methyl sites for hydroxylation is 1. The third kappa shape index (κ3) is 4.44. The van der Waals surface area contributed by atoms with Crippen molar-refractivity contribution in [2.45, 2.75) is 45.4 Å². The molecule has 0 saturated heterocycles. The second kappa shape index (κ2) is 7.22. The maximum Gasteiger partial charge on any atom is 0.226 e. The number of carbonyl (C=O) groups is 1. The zero-order chi connectivity index (χ0) is 13.0. The van der Waals surface area contributed by atoms with Gasteiger partial charge in [0.05, 0.1) is 0 Å². The normalized spacial score (nSPS) is 17.6. The molecule has 19 heavy (non-hydrogen) atoms. The van der Waals surface area contributed by atoms with Crippen LogP contribution < -0.4 is 11.1 Å². The van der Waals surface area contributed by atoms with Crippen LogP contribution in [0.3, 0.4) is 0 Å². The lowest BCUT2D eigenvalue weighted by molar-refractivity contribution is -0.118. The third-order valence-corrected chi connectivity index (χ3v) is 4.58. The number of aromatic nitrogens is 1. The van der Waals surface area contributed by atoms with Gasteiger partial charge in [-0.2, -0.15) is 0 Å². The number of nitrogens with zero attached hydrogens (tertiary/aromatic N) is 1. The number of nitrogens with one attached hydrogen (secondary N) is 1. The number of amides is 1. The molecule has 1 aliphatic carbocycles. The minimum Gasteiger partial charge on any atom is -0.330 e. The van der Waals surface area contributed by atoms with Gasteiger partial charge in [0.15, 0.2) is 5.13 Å². The molecule has 0 radical (unpaired) electrons. The summed E-state index contributed by atoms with van der Waals surface area (Å²) in [5.41, 5.74) is 5.91. The average Bonchev–Trinajstić information content (AvgIpc) is 2.75. The monoisotopic (exact) mass is 303 g/mol. The summed E-state index contributed by atoms with van der Waals surface area (Å²) < 4.78 is 0. The summed E-state index contributed by atoms with van der Waals surface area (Å²) in [6, 6.07) is 0. The van der Waals surface area contributed by atoms with E-state index < -0.39 is 0 Å². The smallest absolute Gasteiger partial charge is 0.226 e. The topological polar surface area (TPSA) is 68.0 Å². The van der Waals surface area contributed by atoms with E-state index in [-0.39, 0.29) is 23.7 Å². The molecule has 6 heteroatoms. The number of hydrogen-bond donors (Lipinski definition) is 2. The number of thiazole rings is 1. The average molecular weight is 304 g/mol. The third-order valence-electron chi connectivity index (χ3n) is 3.75. The van der Waals surface area contributed by atoms with Crippen LogP contribution in [0.5, 0.6) is 0 Å². The fourth-order valence-corrected chi connectivity index (χ4v) is 3.35. The second-order valence-corrected chi connectivity index (χ2v) is 6.50. The van der Waals surface area contributed by atoms with Crippen LogP contribution in [-0.2, 0) is 4.79 Å². The Kier molecular flexibility index (Phi) is 6.23. The summed E-state index contributed by atoms with van der Waals surface area (Å²) in [6.07, 6.45) is 8.13. The summed E-state index contributed by atoms with van der Waals surface area (Å²) in [7, 11) is 0. The Morgan fingerprint density at radius 1 is 1.47 bits per heavy atom. The van der Waals surface area contributed by atoms with Crippen molar-refractivity contribution in [3.05, 3.63) is 11.1 Å². The summed E-state index contributed by atoms with van der Waals surface area (Å²) in [5, 5.41) is 3.58. The molecular weight excluding hydrogens is 282 g/mol. The molecule has 1 amide bonds. The molecule has 1 fully saturated rings. The van der Waals surface area contributed by atoms with Crippen LogP contribution in [0.25, 0.3) is 0 Å². The van der Waals surface area contributed by atoms with Crippen LogP contribution in [0.1, 0.15) is 43.4 Å². The molecule has 0 atom stereocenters. The molecule has 1 saturated carbocycles. The molecule has 2 rings (SSSR count). The van der Waals surface area contributed by atoms with Crippen LogP contribution in [0.15, 0.2) is 6.20 Å². The van der Waals surface area contributed by atoms with Crippen LogP contribution in [0.4, 0.5) is 5.13 Å². The van der Waals surface area contributed by atoms with E-state index >= 15 is 0 Å². The summed E-state index contributed by atoms with van der Waals surface area (Å²) in [4.78, 5) is 17.3. The highest BCUT2D eigenvalue weighted by molar-refractivity contribution is 7.15. The van der Waals surface area contributed by atoms with Gasteiger partial charge < -0.3 is 11.1 Å². The van der Waals surface area contributed by atoms with Gasteiger partial charge in [0.1, 0.15) is 0 Å². The predicted octanol–water partition coefficient (Wildman–Crippen LogP) is 3.11. The molecule has 1 aliphatic rings. The molecule has 3 N–H and O–H groups in total. The Labute approximate surface area is 124 Å². The Balaban J connectivity index is 0.00000180. The lowest BCUT2D eigenvalue weighted by atomic mass is 9.72. The molecule has 1 heterocycles. The molecule has 0 bridgehead atoms. The molecule has 0 spiro atoms. The molecule has 1 aromatic rings. The molecule has 108 valence electrons. The van der Waals surface area contributed by atoms with Gasteiger partial charge in [-0.15, -0.1) is 23.7 Å². The highest BCUT2D eigenvalue weighted by atomic mass is 35.5. The summed E-state index contributed by atoms with van der Waals surface area (Å²) >= 11 is 1.51. The van der Waals surface area contributed by atoms with Gasteiger partial charge in [0, 0.05) is 17.5 Å². The van der Waals surface area contributed by atoms with Crippen molar-refractivity contribution >= 4 is 34.8 Å². The molecule has 0 unspecified atom stereocenters. The predicted molar refractivity (Wildman–Crippen MR) is 81.9 cm³/mol. The lowest BCUT2D eigenvalue weighted by Gasteiger charge is -2.35. The first-order chi connectivity index (χ1) is 8.63. The van der Waals surface area contributed by atoms with Crippen molar-refractivity contribution < 1.29 is 4.79 Å². The van der Waals surface area contributed by atoms with Crippen molar-refractivity contribution in [2.24, 2.45) is 11.1 Å².